The molecular weight excluding hydrogens is 410 g/mol. The Labute approximate surface area is 185 Å². The van der Waals surface area contributed by atoms with Crippen LogP contribution in [0.25, 0.3) is 5.69 Å². The van der Waals surface area contributed by atoms with Crippen molar-refractivity contribution in [3.05, 3.63) is 101 Å². The van der Waals surface area contributed by atoms with Crippen molar-refractivity contribution in [3.8, 4) is 17.5 Å². The number of aromatic nitrogens is 4. The Hall–Kier alpha value is -3.82. The predicted octanol–water partition coefficient (Wildman–Crippen LogP) is 4.01. The van der Waals surface area contributed by atoms with E-state index in [2.05, 4.69) is 32.5 Å². The third-order valence-electron chi connectivity index (χ3n) is 4.70. The van der Waals surface area contributed by atoms with Gasteiger partial charge in [0.2, 0.25) is 0 Å². The van der Waals surface area contributed by atoms with E-state index < -0.39 is 0 Å². The average Bonchev–Trinajstić information content (AvgIpc) is 3.50. The average molecular weight is 430 g/mol. The fourth-order valence-electron chi connectivity index (χ4n) is 3.10. The molecule has 0 spiro atoms. The quantitative estimate of drug-likeness (QED) is 0.359. The molecule has 4 aromatic rings. The van der Waals surface area contributed by atoms with Gasteiger partial charge in [0.1, 0.15) is 0 Å². The molecule has 7 heteroatoms. The number of nitrogens with one attached hydrogen (secondary N) is 2. The van der Waals surface area contributed by atoms with Gasteiger partial charge in [-0.2, -0.15) is 10.2 Å². The summed E-state index contributed by atoms with van der Waals surface area (Å²) < 4.78 is 1.73. The van der Waals surface area contributed by atoms with Crippen LogP contribution in [0.3, 0.4) is 0 Å². The van der Waals surface area contributed by atoms with Gasteiger partial charge >= 0.3 is 0 Å². The van der Waals surface area contributed by atoms with Crippen LogP contribution in [0.5, 0.6) is 0 Å². The maximum absolute atomic E-state index is 12.7. The standard InChI is InChI=1S/C24H20ClN5O/c25-22-7-2-1-6-19(22)8-9-20-15-21(10-11-23(20)30-14-4-13-29-30)24(31)26-12-3-5-18-16-27-28-17-18/h1-2,4,6-7,10-11,13-17H,3,5,12H2,(H,26,31)(H,27,28). The van der Waals surface area contributed by atoms with Crippen molar-refractivity contribution in [2.24, 2.45) is 0 Å². The number of halogens is 1. The molecule has 31 heavy (non-hydrogen) atoms. The van der Waals surface area contributed by atoms with Gasteiger partial charge < -0.3 is 5.32 Å². The highest BCUT2D eigenvalue weighted by molar-refractivity contribution is 6.31. The number of aryl methyl sites for hydroxylation is 1. The highest BCUT2D eigenvalue weighted by atomic mass is 35.5. The lowest BCUT2D eigenvalue weighted by Gasteiger charge is -2.09. The van der Waals surface area contributed by atoms with E-state index in [0.717, 1.165) is 29.7 Å². The van der Waals surface area contributed by atoms with Gasteiger partial charge in [-0.25, -0.2) is 4.68 Å². The Bertz CT molecular complexity index is 1220. The van der Waals surface area contributed by atoms with Crippen LogP contribution in [-0.2, 0) is 6.42 Å². The number of carbonyl (C=O) groups is 1. The fraction of sp³-hybridized carbons (Fsp3) is 0.125. The number of benzene rings is 2. The summed E-state index contributed by atoms with van der Waals surface area (Å²) in [4.78, 5) is 12.7. The molecular formula is C24H20ClN5O. The molecule has 2 N–H and O–H groups in total. The molecule has 0 aliphatic heterocycles. The van der Waals surface area contributed by atoms with E-state index >= 15 is 0 Å². The second kappa shape index (κ2) is 9.79. The zero-order chi connectivity index (χ0) is 21.5. The number of carbonyl (C=O) groups excluding carboxylic acids is 1. The maximum Gasteiger partial charge on any atom is 0.251 e. The van der Waals surface area contributed by atoms with Crippen LogP contribution in [0.1, 0.15) is 33.5 Å². The van der Waals surface area contributed by atoms with Gasteiger partial charge in [-0.1, -0.05) is 35.6 Å². The van der Waals surface area contributed by atoms with Gasteiger partial charge in [-0.15, -0.1) is 0 Å². The first-order chi connectivity index (χ1) is 15.2. The Morgan fingerprint density at radius 2 is 2.00 bits per heavy atom. The van der Waals surface area contributed by atoms with Crippen molar-refractivity contribution in [1.82, 2.24) is 25.3 Å². The van der Waals surface area contributed by atoms with Crippen LogP contribution in [0.2, 0.25) is 5.02 Å². The van der Waals surface area contributed by atoms with Gasteiger partial charge in [0.25, 0.3) is 5.91 Å². The molecule has 0 aliphatic carbocycles. The van der Waals surface area contributed by atoms with E-state index in [1.807, 2.05) is 42.7 Å². The van der Waals surface area contributed by atoms with Gasteiger partial charge in [-0.05, 0) is 54.8 Å². The fourth-order valence-corrected chi connectivity index (χ4v) is 3.28. The normalized spacial score (nSPS) is 10.4. The van der Waals surface area contributed by atoms with Crippen LogP contribution >= 0.6 is 11.6 Å². The first-order valence-corrected chi connectivity index (χ1v) is 10.2. The Morgan fingerprint density at radius 1 is 1.13 bits per heavy atom. The molecule has 0 unspecified atom stereocenters. The zero-order valence-electron chi connectivity index (χ0n) is 16.7. The second-order valence-electron chi connectivity index (χ2n) is 6.88. The number of hydrogen-bond acceptors (Lipinski definition) is 3. The Balaban J connectivity index is 1.53. The van der Waals surface area contributed by atoms with Gasteiger partial charge in [0.15, 0.2) is 0 Å². The smallest absolute Gasteiger partial charge is 0.251 e. The highest BCUT2D eigenvalue weighted by Gasteiger charge is 2.10. The third kappa shape index (κ3) is 5.21. The van der Waals surface area contributed by atoms with Crippen molar-refractivity contribution in [1.29, 1.82) is 0 Å². The maximum atomic E-state index is 12.7. The van der Waals surface area contributed by atoms with E-state index in [4.69, 9.17) is 11.6 Å². The number of nitrogens with zero attached hydrogens (tertiary/aromatic N) is 3. The minimum atomic E-state index is -0.139. The molecule has 0 fully saturated rings. The number of aromatic amines is 1. The van der Waals surface area contributed by atoms with Gasteiger partial charge in [0, 0.05) is 36.3 Å². The lowest BCUT2D eigenvalue weighted by Crippen LogP contribution is -2.25. The van der Waals surface area contributed by atoms with Crippen LogP contribution < -0.4 is 5.32 Å². The van der Waals surface area contributed by atoms with E-state index in [-0.39, 0.29) is 5.91 Å². The molecule has 154 valence electrons. The number of hydrogen-bond donors (Lipinski definition) is 2. The van der Waals surface area contributed by atoms with Crippen molar-refractivity contribution >= 4 is 17.5 Å². The molecule has 0 saturated heterocycles. The zero-order valence-corrected chi connectivity index (χ0v) is 17.4. The molecule has 0 saturated carbocycles. The summed E-state index contributed by atoms with van der Waals surface area (Å²) >= 11 is 6.23. The summed E-state index contributed by atoms with van der Waals surface area (Å²) in [5, 5.41) is 14.6. The minimum absolute atomic E-state index is 0.139. The van der Waals surface area contributed by atoms with Gasteiger partial charge in [-0.3, -0.25) is 9.89 Å². The molecule has 2 heterocycles. The van der Waals surface area contributed by atoms with E-state index in [1.165, 1.54) is 0 Å². The van der Waals surface area contributed by atoms with Crippen LogP contribution in [0.4, 0.5) is 0 Å². The van der Waals surface area contributed by atoms with Crippen LogP contribution in [0.15, 0.2) is 73.3 Å². The molecule has 4 rings (SSSR count). The van der Waals surface area contributed by atoms with E-state index in [1.54, 1.807) is 35.3 Å². The monoisotopic (exact) mass is 429 g/mol. The molecule has 0 bridgehead atoms. The summed E-state index contributed by atoms with van der Waals surface area (Å²) in [6.45, 7) is 0.575. The lowest BCUT2D eigenvalue weighted by molar-refractivity contribution is 0.0953. The van der Waals surface area contributed by atoms with E-state index in [9.17, 15) is 4.79 Å². The highest BCUT2D eigenvalue weighted by Crippen LogP contribution is 2.17. The summed E-state index contributed by atoms with van der Waals surface area (Å²) in [7, 11) is 0. The first kappa shape index (κ1) is 20.5. The molecule has 0 atom stereocenters. The van der Waals surface area contributed by atoms with Crippen LogP contribution in [-0.4, -0.2) is 32.4 Å². The summed E-state index contributed by atoms with van der Waals surface area (Å²) in [6, 6.07) is 14.7. The topological polar surface area (TPSA) is 75.6 Å². The summed E-state index contributed by atoms with van der Waals surface area (Å²) in [5.41, 5.74) is 3.87. The molecule has 2 aromatic carbocycles. The molecule has 0 aliphatic rings. The van der Waals surface area contributed by atoms with Gasteiger partial charge in [0.05, 0.1) is 22.5 Å². The summed E-state index contributed by atoms with van der Waals surface area (Å²) in [6.07, 6.45) is 8.87. The van der Waals surface area contributed by atoms with Crippen LogP contribution in [0, 0.1) is 11.8 Å². The molecule has 1 amide bonds. The van der Waals surface area contributed by atoms with Crippen molar-refractivity contribution < 1.29 is 4.79 Å². The molecule has 2 aromatic heterocycles. The largest absolute Gasteiger partial charge is 0.352 e. The SMILES string of the molecule is O=C(NCCCc1cn[nH]c1)c1ccc(-n2cccn2)c(C#Cc2ccccc2Cl)c1. The number of amides is 1. The number of H-pyrrole nitrogens is 1. The van der Waals surface area contributed by atoms with E-state index in [0.29, 0.717) is 22.7 Å². The first-order valence-electron chi connectivity index (χ1n) is 9.87. The predicted molar refractivity (Wildman–Crippen MR) is 120 cm³/mol. The minimum Gasteiger partial charge on any atom is -0.352 e. The third-order valence-corrected chi connectivity index (χ3v) is 5.03. The second-order valence-corrected chi connectivity index (χ2v) is 7.29. The van der Waals surface area contributed by atoms with Crippen molar-refractivity contribution in [3.63, 3.8) is 0 Å². The van der Waals surface area contributed by atoms with Crippen molar-refractivity contribution in [2.75, 3.05) is 6.54 Å². The number of rotatable bonds is 6. The lowest BCUT2D eigenvalue weighted by atomic mass is 10.1. The Kier molecular flexibility index (Phi) is 6.46. The molecule has 6 nitrogen and oxygen atoms in total. The Morgan fingerprint density at radius 3 is 2.77 bits per heavy atom. The van der Waals surface area contributed by atoms with Crippen molar-refractivity contribution in [2.45, 2.75) is 12.8 Å². The molecule has 0 radical (unpaired) electrons. The summed E-state index contributed by atoms with van der Waals surface area (Å²) in [5.74, 6) is 6.12.